The van der Waals surface area contributed by atoms with Crippen molar-refractivity contribution >= 4 is 12.0 Å². The average Bonchev–Trinajstić information content (AvgIpc) is 2.64. The van der Waals surface area contributed by atoms with E-state index >= 15 is 0 Å². The Bertz CT molecular complexity index is 338. The molecule has 1 atom stereocenters. The van der Waals surface area contributed by atoms with Crippen molar-refractivity contribution in [2.24, 2.45) is 0 Å². The molecule has 2 heterocycles. The molecular weight excluding hydrogens is 176 g/mol. The first-order chi connectivity index (χ1) is 6.83. The van der Waals surface area contributed by atoms with E-state index in [-0.39, 0.29) is 0 Å². The molecule has 2 rings (SSSR count). The third-order valence-electron chi connectivity index (χ3n) is 2.79. The van der Waals surface area contributed by atoms with E-state index in [2.05, 4.69) is 16.8 Å². The zero-order valence-corrected chi connectivity index (χ0v) is 8.31. The lowest BCUT2D eigenvalue weighted by Crippen LogP contribution is -2.27. The first-order valence-electron chi connectivity index (χ1n) is 5.00. The number of hydrogen-bond donors (Lipinski definition) is 0. The molecule has 0 aromatic carbocycles. The van der Waals surface area contributed by atoms with Gasteiger partial charge in [-0.25, -0.2) is 0 Å². The smallest absolute Gasteiger partial charge is 0.170 e. The molecule has 1 aliphatic heterocycles. The second-order valence-corrected chi connectivity index (χ2v) is 3.71. The zero-order chi connectivity index (χ0) is 9.97. The third-order valence-corrected chi connectivity index (χ3v) is 2.79. The molecule has 0 saturated carbocycles. The van der Waals surface area contributed by atoms with Gasteiger partial charge in [0.05, 0.1) is 5.69 Å². The van der Waals surface area contributed by atoms with Crippen LogP contribution in [0.5, 0.6) is 0 Å². The standard InChI is InChI=1S/C11H14N2O/c1-9-4-3-7-13(9)11-5-2-6-12-10(11)8-14/h2,5-6,8-9H,3-4,7H2,1H3. The maximum Gasteiger partial charge on any atom is 0.170 e. The minimum atomic E-state index is 0.526. The summed E-state index contributed by atoms with van der Waals surface area (Å²) < 4.78 is 0. The number of aldehydes is 1. The van der Waals surface area contributed by atoms with Gasteiger partial charge in [-0.1, -0.05) is 0 Å². The number of pyridine rings is 1. The second-order valence-electron chi connectivity index (χ2n) is 3.71. The lowest BCUT2D eigenvalue weighted by molar-refractivity contribution is 0.111. The Kier molecular flexibility index (Phi) is 2.48. The Balaban J connectivity index is 2.34. The third kappa shape index (κ3) is 1.50. The Morgan fingerprint density at radius 1 is 1.64 bits per heavy atom. The summed E-state index contributed by atoms with van der Waals surface area (Å²) >= 11 is 0. The molecule has 1 aromatic heterocycles. The van der Waals surface area contributed by atoms with Crippen molar-refractivity contribution in [1.82, 2.24) is 4.98 Å². The van der Waals surface area contributed by atoms with E-state index in [0.29, 0.717) is 11.7 Å². The number of anilines is 1. The fraction of sp³-hybridized carbons (Fsp3) is 0.455. The van der Waals surface area contributed by atoms with Gasteiger partial charge in [-0.2, -0.15) is 0 Å². The van der Waals surface area contributed by atoms with Crippen molar-refractivity contribution in [1.29, 1.82) is 0 Å². The molecule has 3 nitrogen and oxygen atoms in total. The Morgan fingerprint density at radius 3 is 3.14 bits per heavy atom. The highest BCUT2D eigenvalue weighted by Crippen LogP contribution is 2.26. The van der Waals surface area contributed by atoms with E-state index in [0.717, 1.165) is 18.5 Å². The van der Waals surface area contributed by atoms with E-state index in [1.807, 2.05) is 12.1 Å². The topological polar surface area (TPSA) is 33.2 Å². The quantitative estimate of drug-likeness (QED) is 0.668. The number of rotatable bonds is 2. The lowest BCUT2D eigenvalue weighted by atomic mass is 10.2. The molecule has 1 unspecified atom stereocenters. The van der Waals surface area contributed by atoms with Crippen LogP contribution in [0.3, 0.4) is 0 Å². The van der Waals surface area contributed by atoms with Crippen LogP contribution in [0.25, 0.3) is 0 Å². The van der Waals surface area contributed by atoms with Crippen molar-refractivity contribution in [3.8, 4) is 0 Å². The van der Waals surface area contributed by atoms with Gasteiger partial charge in [0.1, 0.15) is 5.69 Å². The number of nitrogens with zero attached hydrogens (tertiary/aromatic N) is 2. The van der Waals surface area contributed by atoms with Crippen LogP contribution in [0, 0.1) is 0 Å². The zero-order valence-electron chi connectivity index (χ0n) is 8.31. The van der Waals surface area contributed by atoms with Crippen LogP contribution in [0.15, 0.2) is 18.3 Å². The van der Waals surface area contributed by atoms with Gasteiger partial charge in [-0.15, -0.1) is 0 Å². The highest BCUT2D eigenvalue weighted by Gasteiger charge is 2.22. The predicted octanol–water partition coefficient (Wildman–Crippen LogP) is 1.88. The highest BCUT2D eigenvalue weighted by molar-refractivity contribution is 5.81. The molecule has 1 aliphatic rings. The van der Waals surface area contributed by atoms with E-state index in [9.17, 15) is 4.79 Å². The van der Waals surface area contributed by atoms with Gasteiger partial charge in [-0.3, -0.25) is 9.78 Å². The summed E-state index contributed by atoms with van der Waals surface area (Å²) in [6.45, 7) is 3.22. The molecule has 0 amide bonds. The van der Waals surface area contributed by atoms with Crippen LogP contribution in [-0.2, 0) is 0 Å². The maximum absolute atomic E-state index is 10.8. The van der Waals surface area contributed by atoms with Crippen molar-refractivity contribution in [3.05, 3.63) is 24.0 Å². The summed E-state index contributed by atoms with van der Waals surface area (Å²) in [5.41, 5.74) is 1.54. The molecule has 74 valence electrons. The van der Waals surface area contributed by atoms with Crippen LogP contribution >= 0.6 is 0 Å². The largest absolute Gasteiger partial charge is 0.367 e. The molecule has 0 spiro atoms. The molecule has 0 aliphatic carbocycles. The van der Waals surface area contributed by atoms with E-state index < -0.39 is 0 Å². The fourth-order valence-electron chi connectivity index (χ4n) is 2.03. The first-order valence-corrected chi connectivity index (χ1v) is 5.00. The summed E-state index contributed by atoms with van der Waals surface area (Å²) in [7, 11) is 0. The van der Waals surface area contributed by atoms with E-state index in [1.54, 1.807) is 6.20 Å². The van der Waals surface area contributed by atoms with Gasteiger partial charge in [0.2, 0.25) is 0 Å². The summed E-state index contributed by atoms with van der Waals surface area (Å²) in [6, 6.07) is 4.38. The molecule has 1 saturated heterocycles. The molecule has 14 heavy (non-hydrogen) atoms. The SMILES string of the molecule is CC1CCCN1c1cccnc1C=O. The van der Waals surface area contributed by atoms with Gasteiger partial charge in [0, 0.05) is 18.8 Å². The number of aromatic nitrogens is 1. The normalized spacial score (nSPS) is 21.2. The Morgan fingerprint density at radius 2 is 2.50 bits per heavy atom. The Hall–Kier alpha value is -1.38. The molecule has 0 bridgehead atoms. The molecular formula is C11H14N2O. The minimum Gasteiger partial charge on any atom is -0.367 e. The first kappa shape index (κ1) is 9.19. The molecule has 1 aromatic rings. The predicted molar refractivity (Wildman–Crippen MR) is 55.7 cm³/mol. The Labute approximate surface area is 83.8 Å². The molecule has 0 radical (unpaired) electrons. The summed E-state index contributed by atoms with van der Waals surface area (Å²) in [5.74, 6) is 0. The molecule has 1 fully saturated rings. The van der Waals surface area contributed by atoms with Gasteiger partial charge >= 0.3 is 0 Å². The van der Waals surface area contributed by atoms with Crippen molar-refractivity contribution in [2.45, 2.75) is 25.8 Å². The van der Waals surface area contributed by atoms with Crippen LogP contribution in [0.2, 0.25) is 0 Å². The minimum absolute atomic E-state index is 0.526. The van der Waals surface area contributed by atoms with Crippen molar-refractivity contribution in [3.63, 3.8) is 0 Å². The van der Waals surface area contributed by atoms with Crippen molar-refractivity contribution < 1.29 is 4.79 Å². The van der Waals surface area contributed by atoms with Gasteiger partial charge in [0.15, 0.2) is 6.29 Å². The maximum atomic E-state index is 10.8. The molecule has 0 N–H and O–H groups in total. The summed E-state index contributed by atoms with van der Waals surface area (Å²) in [5, 5.41) is 0. The number of carbonyl (C=O) groups is 1. The lowest BCUT2D eigenvalue weighted by Gasteiger charge is -2.24. The van der Waals surface area contributed by atoms with Crippen LogP contribution in [0.1, 0.15) is 30.3 Å². The number of hydrogen-bond acceptors (Lipinski definition) is 3. The number of carbonyl (C=O) groups excluding carboxylic acids is 1. The average molecular weight is 190 g/mol. The highest BCUT2D eigenvalue weighted by atomic mass is 16.1. The summed E-state index contributed by atoms with van der Waals surface area (Å²) in [4.78, 5) is 17.1. The van der Waals surface area contributed by atoms with E-state index in [4.69, 9.17) is 0 Å². The second kappa shape index (κ2) is 3.78. The monoisotopic (exact) mass is 190 g/mol. The summed E-state index contributed by atoms with van der Waals surface area (Å²) in [6.07, 6.45) is 4.90. The van der Waals surface area contributed by atoms with Gasteiger partial charge < -0.3 is 4.90 Å². The van der Waals surface area contributed by atoms with Crippen LogP contribution in [-0.4, -0.2) is 23.9 Å². The van der Waals surface area contributed by atoms with Gasteiger partial charge in [0.25, 0.3) is 0 Å². The fourth-order valence-corrected chi connectivity index (χ4v) is 2.03. The van der Waals surface area contributed by atoms with Crippen molar-refractivity contribution in [2.75, 3.05) is 11.4 Å². The van der Waals surface area contributed by atoms with E-state index in [1.165, 1.54) is 12.8 Å². The van der Waals surface area contributed by atoms with Crippen LogP contribution in [0.4, 0.5) is 5.69 Å². The van der Waals surface area contributed by atoms with Crippen LogP contribution < -0.4 is 4.90 Å². The molecule has 3 heteroatoms. The van der Waals surface area contributed by atoms with Gasteiger partial charge in [-0.05, 0) is 31.9 Å².